The molecule has 0 aliphatic carbocycles. The number of nitrogen functional groups attached to an aromatic ring is 1. The molecule has 0 radical (unpaired) electrons. The molecule has 0 unspecified atom stereocenters. The Morgan fingerprint density at radius 1 is 1.19 bits per heavy atom. The second-order valence-corrected chi connectivity index (χ2v) is 11.4. The summed E-state index contributed by atoms with van der Waals surface area (Å²) in [7, 11) is 0. The third kappa shape index (κ3) is 5.47. The van der Waals surface area contributed by atoms with Crippen molar-refractivity contribution in [1.82, 2.24) is 24.4 Å². The molecule has 2 atom stereocenters. The largest absolute Gasteiger partial charge is 0.398 e. The summed E-state index contributed by atoms with van der Waals surface area (Å²) >= 11 is 6.79. The van der Waals surface area contributed by atoms with Crippen molar-refractivity contribution >= 4 is 40.0 Å². The van der Waals surface area contributed by atoms with Crippen LogP contribution in [-0.4, -0.2) is 55.5 Å². The van der Waals surface area contributed by atoms with Gasteiger partial charge in [0.25, 0.3) is 0 Å². The number of carbonyl (C=O) groups excluding carboxylic acids is 1. The van der Waals surface area contributed by atoms with Crippen molar-refractivity contribution in [2.24, 2.45) is 0 Å². The number of benzene rings is 1. The molecule has 3 aromatic heterocycles. The summed E-state index contributed by atoms with van der Waals surface area (Å²) in [4.78, 5) is 44.3. The van der Waals surface area contributed by atoms with Gasteiger partial charge >= 0.3 is 5.69 Å². The summed E-state index contributed by atoms with van der Waals surface area (Å²) in [5.74, 6) is -0.385. The fourth-order valence-electron chi connectivity index (χ4n) is 5.83. The normalized spacial score (nSPS) is 16.8. The van der Waals surface area contributed by atoms with Crippen LogP contribution in [0.3, 0.4) is 0 Å². The molecule has 2 N–H and O–H groups in total. The molecule has 11 heteroatoms. The summed E-state index contributed by atoms with van der Waals surface area (Å²) in [6.07, 6.45) is 3.01. The quantitative estimate of drug-likeness (QED) is 0.223. The second-order valence-electron chi connectivity index (χ2n) is 11.0. The zero-order valence-electron chi connectivity index (χ0n) is 24.2. The van der Waals surface area contributed by atoms with Crippen molar-refractivity contribution in [2.75, 3.05) is 23.7 Å². The van der Waals surface area contributed by atoms with Crippen LogP contribution in [-0.2, 0) is 4.79 Å². The van der Waals surface area contributed by atoms with Gasteiger partial charge < -0.3 is 15.5 Å². The zero-order valence-corrected chi connectivity index (χ0v) is 25.0. The van der Waals surface area contributed by atoms with E-state index in [-0.39, 0.29) is 58.9 Å². The average molecular weight is 606 g/mol. The highest BCUT2D eigenvalue weighted by atomic mass is 35.5. The monoisotopic (exact) mass is 605 g/mol. The Bertz CT molecular complexity index is 1760. The lowest BCUT2D eigenvalue weighted by Crippen LogP contribution is -2.58. The van der Waals surface area contributed by atoms with Crippen molar-refractivity contribution in [3.63, 3.8) is 0 Å². The Morgan fingerprint density at radius 3 is 2.47 bits per heavy atom. The molecule has 1 aliphatic heterocycles. The fraction of sp³-hybridized carbons (Fsp3) is 0.344. The number of aryl methyl sites for hydroxylation is 1. The molecule has 226 valence electrons. The van der Waals surface area contributed by atoms with Crippen molar-refractivity contribution in [1.29, 1.82) is 0 Å². The van der Waals surface area contributed by atoms with E-state index in [1.54, 1.807) is 23.2 Å². The molecule has 1 saturated heterocycles. The maximum absolute atomic E-state index is 15.1. The van der Waals surface area contributed by atoms with Crippen LogP contribution < -0.4 is 16.3 Å². The summed E-state index contributed by atoms with van der Waals surface area (Å²) in [6.45, 7) is 14.2. The van der Waals surface area contributed by atoms with Crippen LogP contribution in [0, 0.1) is 12.7 Å². The lowest BCUT2D eigenvalue weighted by atomic mass is 10.0. The van der Waals surface area contributed by atoms with Crippen LogP contribution in [0.25, 0.3) is 28.0 Å². The number of pyridine rings is 2. The lowest BCUT2D eigenvalue weighted by Gasteiger charge is -2.44. The SMILES string of the molecule is C.C=CC(=O)N1[C@H](C)CN(c2nc(=O)n(-c3c(C)ccnc3C(C)C)c3nc(-c4c(N)cccc4F)c(Cl)cc23)C[C@@H]1C. The zero-order chi connectivity index (χ0) is 30.5. The van der Waals surface area contributed by atoms with E-state index in [0.717, 1.165) is 5.56 Å². The smallest absolute Gasteiger partial charge is 0.355 e. The van der Waals surface area contributed by atoms with Gasteiger partial charge in [0, 0.05) is 37.1 Å². The molecule has 4 aromatic rings. The molecule has 1 fully saturated rings. The maximum Gasteiger partial charge on any atom is 0.355 e. The predicted octanol–water partition coefficient (Wildman–Crippen LogP) is 5.90. The number of fused-ring (bicyclic) bond motifs is 1. The molecule has 0 spiro atoms. The highest BCUT2D eigenvalue weighted by Gasteiger charge is 2.34. The van der Waals surface area contributed by atoms with Crippen molar-refractivity contribution in [2.45, 2.75) is 60.0 Å². The van der Waals surface area contributed by atoms with Crippen molar-refractivity contribution in [3.05, 3.63) is 81.8 Å². The number of hydrogen-bond acceptors (Lipinski definition) is 7. The first-order valence-corrected chi connectivity index (χ1v) is 14.2. The van der Waals surface area contributed by atoms with Gasteiger partial charge in [-0.25, -0.2) is 18.7 Å². The van der Waals surface area contributed by atoms with E-state index in [1.165, 1.54) is 22.8 Å². The molecular weight excluding hydrogens is 569 g/mol. The number of piperazine rings is 1. The van der Waals surface area contributed by atoms with Crippen LogP contribution in [0.1, 0.15) is 52.3 Å². The molecule has 1 aromatic carbocycles. The first-order chi connectivity index (χ1) is 19.9. The molecular formula is C32H37ClFN7O2. The van der Waals surface area contributed by atoms with Crippen LogP contribution in [0.2, 0.25) is 5.02 Å². The van der Waals surface area contributed by atoms with E-state index >= 15 is 4.39 Å². The highest BCUT2D eigenvalue weighted by Crippen LogP contribution is 2.38. The Balaban J connectivity index is 0.00000423. The van der Waals surface area contributed by atoms with Crippen molar-refractivity contribution < 1.29 is 9.18 Å². The van der Waals surface area contributed by atoms with Gasteiger partial charge in [0.2, 0.25) is 5.91 Å². The van der Waals surface area contributed by atoms with Gasteiger partial charge in [0.05, 0.1) is 33.0 Å². The highest BCUT2D eigenvalue weighted by molar-refractivity contribution is 6.34. The topological polar surface area (TPSA) is 110 Å². The minimum atomic E-state index is -0.585. The average Bonchev–Trinajstić information content (AvgIpc) is 2.92. The molecule has 9 nitrogen and oxygen atoms in total. The van der Waals surface area contributed by atoms with Crippen LogP contribution in [0.5, 0.6) is 0 Å². The number of amides is 1. The first kappa shape index (κ1) is 31.6. The van der Waals surface area contributed by atoms with E-state index in [9.17, 15) is 9.59 Å². The van der Waals surface area contributed by atoms with Gasteiger partial charge in [-0.2, -0.15) is 4.98 Å². The van der Waals surface area contributed by atoms with Gasteiger partial charge in [-0.1, -0.05) is 45.5 Å². The summed E-state index contributed by atoms with van der Waals surface area (Å²) < 4.78 is 16.6. The van der Waals surface area contributed by atoms with Gasteiger partial charge in [-0.3, -0.25) is 9.78 Å². The lowest BCUT2D eigenvalue weighted by molar-refractivity contribution is -0.130. The number of rotatable bonds is 5. The third-order valence-corrected chi connectivity index (χ3v) is 7.94. The van der Waals surface area contributed by atoms with Crippen molar-refractivity contribution in [3.8, 4) is 16.9 Å². The second kappa shape index (κ2) is 12.1. The van der Waals surface area contributed by atoms with Crippen LogP contribution in [0.4, 0.5) is 15.9 Å². The maximum atomic E-state index is 15.1. The number of halogens is 2. The Labute approximate surface area is 255 Å². The minimum absolute atomic E-state index is 0. The fourth-order valence-corrected chi connectivity index (χ4v) is 6.08. The number of carbonyl (C=O) groups is 1. The molecule has 1 amide bonds. The Morgan fingerprint density at radius 2 is 1.86 bits per heavy atom. The Hall–Kier alpha value is -4.31. The van der Waals surface area contributed by atoms with Gasteiger partial charge in [-0.05, 0) is 62.6 Å². The molecule has 43 heavy (non-hydrogen) atoms. The third-order valence-electron chi connectivity index (χ3n) is 7.66. The summed E-state index contributed by atoms with van der Waals surface area (Å²) in [6, 6.07) is 7.46. The summed E-state index contributed by atoms with van der Waals surface area (Å²) in [5, 5.41) is 0.653. The summed E-state index contributed by atoms with van der Waals surface area (Å²) in [5.41, 5.74) is 8.24. The number of aromatic nitrogens is 4. The number of nitrogens with zero attached hydrogens (tertiary/aromatic N) is 6. The molecule has 0 bridgehead atoms. The molecule has 1 aliphatic rings. The first-order valence-electron chi connectivity index (χ1n) is 13.8. The van der Waals surface area contributed by atoms with E-state index in [0.29, 0.717) is 35.7 Å². The van der Waals surface area contributed by atoms with Crippen LogP contribution in [0.15, 0.2) is 54.0 Å². The molecule has 4 heterocycles. The molecule has 0 saturated carbocycles. The number of nitrogens with two attached hydrogens (primary N) is 1. The standard InChI is InChI=1S/C31H33ClFN7O2.CH4/c1-7-24(41)39-18(5)14-38(15-19(39)6)29-20-13-21(32)27(25-22(33)9-8-10-23(25)34)36-30(20)40(31(42)37-29)28-17(4)11-12-35-26(28)16(2)3;/h7-13,16,18-19H,1,14-15,34H2,2-6H3;1H4/t18-,19+;. The van der Waals surface area contributed by atoms with Gasteiger partial charge in [0.1, 0.15) is 11.6 Å². The van der Waals surface area contributed by atoms with Gasteiger partial charge in [-0.15, -0.1) is 0 Å². The Kier molecular flexibility index (Phi) is 8.92. The van der Waals surface area contributed by atoms with E-state index in [1.807, 2.05) is 45.6 Å². The minimum Gasteiger partial charge on any atom is -0.398 e. The van der Waals surface area contributed by atoms with Crippen LogP contribution >= 0.6 is 11.6 Å². The van der Waals surface area contributed by atoms with Gasteiger partial charge in [0.15, 0.2) is 5.65 Å². The van der Waals surface area contributed by atoms with E-state index in [2.05, 4.69) is 16.5 Å². The van der Waals surface area contributed by atoms with E-state index in [4.69, 9.17) is 22.3 Å². The predicted molar refractivity (Wildman–Crippen MR) is 171 cm³/mol. The molecule has 5 rings (SSSR count). The van der Waals surface area contributed by atoms with E-state index < -0.39 is 11.5 Å². The number of hydrogen-bond donors (Lipinski definition) is 1. The number of anilines is 2.